The van der Waals surface area contributed by atoms with Crippen molar-refractivity contribution in [3.05, 3.63) is 53.3 Å². The second kappa shape index (κ2) is 6.40. The summed E-state index contributed by atoms with van der Waals surface area (Å²) >= 11 is 5.86. The Labute approximate surface area is 131 Å². The van der Waals surface area contributed by atoms with E-state index in [-0.39, 0.29) is 6.61 Å². The molecule has 0 aliphatic rings. The third-order valence-electron chi connectivity index (χ3n) is 2.82. The van der Waals surface area contributed by atoms with Gasteiger partial charge in [-0.05, 0) is 24.3 Å². The van der Waals surface area contributed by atoms with E-state index in [1.165, 1.54) is 7.11 Å². The number of hydrogen-bond donors (Lipinski definition) is 0. The van der Waals surface area contributed by atoms with Crippen molar-refractivity contribution in [1.82, 2.24) is 25.2 Å². The van der Waals surface area contributed by atoms with E-state index in [9.17, 15) is 0 Å². The molecule has 0 saturated carbocycles. The summed E-state index contributed by atoms with van der Waals surface area (Å²) in [5.41, 5.74) is 1.54. The van der Waals surface area contributed by atoms with Crippen LogP contribution in [-0.2, 0) is 6.61 Å². The standard InChI is InChI=1S/C14H12ClN5O2/c1-21-13-6-7-14(18-17-13)22-9-11-8-20(19-16-11)12-4-2-10(15)3-5-12/h2-8H,9H2,1H3. The Hall–Kier alpha value is -2.67. The molecule has 3 aromatic rings. The SMILES string of the molecule is COc1ccc(OCc2cn(-c3ccc(Cl)cc3)nn2)nn1. The number of hydrogen-bond acceptors (Lipinski definition) is 6. The third-order valence-corrected chi connectivity index (χ3v) is 3.08. The molecule has 0 radical (unpaired) electrons. The summed E-state index contributed by atoms with van der Waals surface area (Å²) in [7, 11) is 1.53. The fraction of sp³-hybridized carbons (Fsp3) is 0.143. The Balaban J connectivity index is 1.65. The monoisotopic (exact) mass is 317 g/mol. The molecule has 7 nitrogen and oxygen atoms in total. The highest BCUT2D eigenvalue weighted by Crippen LogP contribution is 2.14. The average Bonchev–Trinajstić information content (AvgIpc) is 3.03. The van der Waals surface area contributed by atoms with Crippen molar-refractivity contribution in [3.8, 4) is 17.4 Å². The Morgan fingerprint density at radius 2 is 1.73 bits per heavy atom. The minimum absolute atomic E-state index is 0.245. The van der Waals surface area contributed by atoms with Gasteiger partial charge in [0.05, 0.1) is 19.0 Å². The Bertz CT molecular complexity index is 743. The first-order valence-electron chi connectivity index (χ1n) is 6.42. The van der Waals surface area contributed by atoms with Gasteiger partial charge in [-0.25, -0.2) is 4.68 Å². The molecule has 0 amide bonds. The van der Waals surface area contributed by atoms with Crippen LogP contribution >= 0.6 is 11.6 Å². The highest BCUT2D eigenvalue weighted by atomic mass is 35.5. The van der Waals surface area contributed by atoms with Gasteiger partial charge < -0.3 is 9.47 Å². The van der Waals surface area contributed by atoms with E-state index in [0.29, 0.717) is 22.5 Å². The van der Waals surface area contributed by atoms with Gasteiger partial charge in [0.25, 0.3) is 0 Å². The van der Waals surface area contributed by atoms with Gasteiger partial charge in [-0.2, -0.15) is 0 Å². The number of aromatic nitrogens is 5. The average molecular weight is 318 g/mol. The Morgan fingerprint density at radius 1 is 1.00 bits per heavy atom. The highest BCUT2D eigenvalue weighted by molar-refractivity contribution is 6.30. The summed E-state index contributed by atoms with van der Waals surface area (Å²) < 4.78 is 12.1. The van der Waals surface area contributed by atoms with Crippen LogP contribution in [0.4, 0.5) is 0 Å². The van der Waals surface area contributed by atoms with Crippen molar-refractivity contribution in [2.45, 2.75) is 6.61 Å². The first-order chi connectivity index (χ1) is 10.7. The van der Waals surface area contributed by atoms with E-state index in [0.717, 1.165) is 5.69 Å². The van der Waals surface area contributed by atoms with Crippen molar-refractivity contribution in [2.75, 3.05) is 7.11 Å². The number of nitrogens with zero attached hydrogens (tertiary/aromatic N) is 5. The predicted molar refractivity (Wildman–Crippen MR) is 79.3 cm³/mol. The van der Waals surface area contributed by atoms with Gasteiger partial charge in [0.15, 0.2) is 0 Å². The summed E-state index contributed by atoms with van der Waals surface area (Å²) in [5.74, 6) is 0.822. The zero-order valence-electron chi connectivity index (χ0n) is 11.7. The number of benzene rings is 1. The molecule has 0 fully saturated rings. The lowest BCUT2D eigenvalue weighted by Gasteiger charge is -2.02. The first kappa shape index (κ1) is 14.3. The molecular formula is C14H12ClN5O2. The minimum Gasteiger partial charge on any atom is -0.480 e. The maximum absolute atomic E-state index is 5.86. The predicted octanol–water partition coefficient (Wildman–Crippen LogP) is 2.30. The molecule has 0 saturated heterocycles. The molecule has 112 valence electrons. The second-order valence-corrected chi connectivity index (χ2v) is 4.77. The Kier molecular flexibility index (Phi) is 4.15. The molecule has 0 spiro atoms. The van der Waals surface area contributed by atoms with Crippen LogP contribution in [0.2, 0.25) is 5.02 Å². The van der Waals surface area contributed by atoms with Crippen LogP contribution in [0, 0.1) is 0 Å². The van der Waals surface area contributed by atoms with Crippen LogP contribution < -0.4 is 9.47 Å². The maximum atomic E-state index is 5.86. The lowest BCUT2D eigenvalue weighted by Crippen LogP contribution is -1.99. The topological polar surface area (TPSA) is 75.0 Å². The lowest BCUT2D eigenvalue weighted by molar-refractivity contribution is 0.282. The second-order valence-electron chi connectivity index (χ2n) is 4.33. The number of methoxy groups -OCH3 is 1. The molecule has 8 heteroatoms. The van der Waals surface area contributed by atoms with Crippen LogP contribution in [0.5, 0.6) is 11.8 Å². The van der Waals surface area contributed by atoms with Crippen LogP contribution in [0.3, 0.4) is 0 Å². The number of rotatable bonds is 5. The summed E-state index contributed by atoms with van der Waals surface area (Å²) in [5, 5.41) is 16.5. The summed E-state index contributed by atoms with van der Waals surface area (Å²) in [6.07, 6.45) is 1.78. The van der Waals surface area contributed by atoms with Gasteiger partial charge in [0, 0.05) is 17.2 Å². The van der Waals surface area contributed by atoms with E-state index in [1.54, 1.807) is 35.1 Å². The summed E-state index contributed by atoms with van der Waals surface area (Å²) in [6, 6.07) is 10.7. The van der Waals surface area contributed by atoms with Crippen LogP contribution in [0.15, 0.2) is 42.6 Å². The quantitative estimate of drug-likeness (QED) is 0.718. The van der Waals surface area contributed by atoms with Crippen molar-refractivity contribution in [1.29, 1.82) is 0 Å². The van der Waals surface area contributed by atoms with Crippen molar-refractivity contribution in [3.63, 3.8) is 0 Å². The molecule has 0 aliphatic carbocycles. The molecule has 1 aromatic carbocycles. The van der Waals surface area contributed by atoms with Gasteiger partial charge in [-0.1, -0.05) is 16.8 Å². The van der Waals surface area contributed by atoms with E-state index in [4.69, 9.17) is 21.1 Å². The number of ether oxygens (including phenoxy) is 2. The zero-order valence-corrected chi connectivity index (χ0v) is 12.4. The molecule has 0 aliphatic heterocycles. The molecule has 0 N–H and O–H groups in total. The van der Waals surface area contributed by atoms with Crippen molar-refractivity contribution in [2.24, 2.45) is 0 Å². The molecule has 2 heterocycles. The fourth-order valence-corrected chi connectivity index (χ4v) is 1.85. The van der Waals surface area contributed by atoms with Gasteiger partial charge in [0.2, 0.25) is 11.8 Å². The summed E-state index contributed by atoms with van der Waals surface area (Å²) in [6.45, 7) is 0.245. The molecule has 22 heavy (non-hydrogen) atoms. The molecule has 2 aromatic heterocycles. The van der Waals surface area contributed by atoms with Crippen molar-refractivity contribution >= 4 is 11.6 Å². The van der Waals surface area contributed by atoms with E-state index < -0.39 is 0 Å². The molecular weight excluding hydrogens is 306 g/mol. The number of halogens is 1. The van der Waals surface area contributed by atoms with Gasteiger partial charge >= 0.3 is 0 Å². The van der Waals surface area contributed by atoms with Crippen LogP contribution in [0.25, 0.3) is 5.69 Å². The minimum atomic E-state index is 0.245. The van der Waals surface area contributed by atoms with Gasteiger partial charge in [-0.3, -0.25) is 0 Å². The molecule has 0 bridgehead atoms. The molecule has 0 atom stereocenters. The van der Waals surface area contributed by atoms with Gasteiger partial charge in [0.1, 0.15) is 12.3 Å². The first-order valence-corrected chi connectivity index (χ1v) is 6.80. The lowest BCUT2D eigenvalue weighted by atomic mass is 10.3. The van der Waals surface area contributed by atoms with Gasteiger partial charge in [-0.15, -0.1) is 15.3 Å². The summed E-state index contributed by atoms with van der Waals surface area (Å²) in [4.78, 5) is 0. The largest absolute Gasteiger partial charge is 0.480 e. The fourth-order valence-electron chi connectivity index (χ4n) is 1.73. The van der Waals surface area contributed by atoms with E-state index in [2.05, 4.69) is 20.5 Å². The van der Waals surface area contributed by atoms with Crippen LogP contribution in [-0.4, -0.2) is 32.3 Å². The van der Waals surface area contributed by atoms with Crippen LogP contribution in [0.1, 0.15) is 5.69 Å². The third kappa shape index (κ3) is 3.32. The normalized spacial score (nSPS) is 10.5. The van der Waals surface area contributed by atoms with E-state index in [1.807, 2.05) is 12.1 Å². The van der Waals surface area contributed by atoms with E-state index >= 15 is 0 Å². The zero-order chi connectivity index (χ0) is 15.4. The highest BCUT2D eigenvalue weighted by Gasteiger charge is 2.05. The maximum Gasteiger partial charge on any atom is 0.234 e. The smallest absolute Gasteiger partial charge is 0.234 e. The molecule has 3 rings (SSSR count). The Morgan fingerprint density at radius 3 is 2.41 bits per heavy atom. The van der Waals surface area contributed by atoms with Crippen molar-refractivity contribution < 1.29 is 9.47 Å². The molecule has 0 unspecified atom stereocenters.